The van der Waals surface area contributed by atoms with Crippen molar-refractivity contribution in [3.8, 4) is 22.8 Å². The topological polar surface area (TPSA) is 108 Å². The number of phenols is 1. The van der Waals surface area contributed by atoms with Crippen LogP contribution >= 0.6 is 0 Å². The van der Waals surface area contributed by atoms with E-state index in [0.717, 1.165) is 0 Å². The van der Waals surface area contributed by atoms with E-state index in [-0.39, 0.29) is 22.9 Å². The number of aromatic carboxylic acids is 1. The molecule has 0 fully saturated rings. The molecule has 0 aliphatic carbocycles. The standard InChI is InChI=1S/C22H19N3O4/c1-3-4-7-17(14(2)26)21-23-20(18-8-5-6-9-19(18)27)24-25(21)16-12-10-15(11-13-16)22(28)29/h3-13,26-27H,1H2,2H3,(H,28,29)/b7-4-,17-14-. The lowest BCUT2D eigenvalue weighted by molar-refractivity contribution is 0.0697. The summed E-state index contributed by atoms with van der Waals surface area (Å²) in [6.45, 7) is 5.16. The normalized spacial score (nSPS) is 12.0. The lowest BCUT2D eigenvalue weighted by atomic mass is 10.1. The Balaban J connectivity index is 2.23. The second-order valence-electron chi connectivity index (χ2n) is 6.13. The number of carbonyl (C=O) groups is 1. The maximum atomic E-state index is 11.1. The van der Waals surface area contributed by atoms with Crippen molar-refractivity contribution in [1.29, 1.82) is 0 Å². The van der Waals surface area contributed by atoms with Crippen LogP contribution in [0, 0.1) is 0 Å². The number of rotatable bonds is 6. The largest absolute Gasteiger partial charge is 0.512 e. The van der Waals surface area contributed by atoms with E-state index in [0.29, 0.717) is 22.6 Å². The number of allylic oxidation sites excluding steroid dienone is 5. The molecule has 3 N–H and O–H groups in total. The van der Waals surface area contributed by atoms with E-state index >= 15 is 0 Å². The Morgan fingerprint density at radius 3 is 2.38 bits per heavy atom. The number of carboxylic acid groups (broad SMARTS) is 1. The van der Waals surface area contributed by atoms with Crippen LogP contribution in [0.25, 0.3) is 22.6 Å². The van der Waals surface area contributed by atoms with Crippen LogP contribution in [0.5, 0.6) is 5.75 Å². The lowest BCUT2D eigenvalue weighted by Gasteiger charge is -2.08. The van der Waals surface area contributed by atoms with Crippen LogP contribution in [0.15, 0.2) is 79.1 Å². The molecule has 1 aromatic heterocycles. The molecule has 3 rings (SSSR count). The molecule has 0 radical (unpaired) electrons. The highest BCUT2D eigenvalue weighted by molar-refractivity contribution is 5.87. The van der Waals surface area contributed by atoms with Gasteiger partial charge < -0.3 is 15.3 Å². The summed E-state index contributed by atoms with van der Waals surface area (Å²) in [5.41, 5.74) is 1.51. The van der Waals surface area contributed by atoms with Crippen molar-refractivity contribution in [2.75, 3.05) is 0 Å². The van der Waals surface area contributed by atoms with Crippen molar-refractivity contribution >= 4 is 11.5 Å². The number of benzene rings is 2. The summed E-state index contributed by atoms with van der Waals surface area (Å²) in [5.74, 6) is -0.422. The lowest BCUT2D eigenvalue weighted by Crippen LogP contribution is -2.04. The van der Waals surface area contributed by atoms with E-state index in [1.54, 1.807) is 48.6 Å². The van der Waals surface area contributed by atoms with E-state index in [4.69, 9.17) is 5.11 Å². The number of aliphatic hydroxyl groups excluding tert-OH is 1. The summed E-state index contributed by atoms with van der Waals surface area (Å²) >= 11 is 0. The van der Waals surface area contributed by atoms with Gasteiger partial charge in [-0.15, -0.1) is 5.10 Å². The summed E-state index contributed by atoms with van der Waals surface area (Å²) in [6.07, 6.45) is 4.86. The van der Waals surface area contributed by atoms with Gasteiger partial charge in [-0.2, -0.15) is 0 Å². The Hall–Kier alpha value is -4.13. The minimum absolute atomic E-state index is 0.0164. The van der Waals surface area contributed by atoms with Crippen LogP contribution in [-0.4, -0.2) is 36.1 Å². The van der Waals surface area contributed by atoms with Crippen LogP contribution in [-0.2, 0) is 0 Å². The second kappa shape index (κ2) is 8.26. The molecule has 7 nitrogen and oxygen atoms in total. The zero-order chi connectivity index (χ0) is 21.0. The molecule has 0 unspecified atom stereocenters. The molecule has 0 atom stereocenters. The Bertz CT molecular complexity index is 1120. The minimum Gasteiger partial charge on any atom is -0.512 e. The number of nitrogens with zero attached hydrogens (tertiary/aromatic N) is 3. The van der Waals surface area contributed by atoms with Gasteiger partial charge in [0.05, 0.1) is 22.4 Å². The van der Waals surface area contributed by atoms with Crippen molar-refractivity contribution in [2.45, 2.75) is 6.92 Å². The highest BCUT2D eigenvalue weighted by atomic mass is 16.4. The minimum atomic E-state index is -1.04. The molecule has 29 heavy (non-hydrogen) atoms. The third-order valence-corrected chi connectivity index (χ3v) is 4.14. The number of aromatic nitrogens is 3. The van der Waals surface area contributed by atoms with Crippen LogP contribution in [0.3, 0.4) is 0 Å². The zero-order valence-corrected chi connectivity index (χ0v) is 15.6. The number of aromatic hydroxyl groups is 1. The first-order chi connectivity index (χ1) is 13.9. The monoisotopic (exact) mass is 389 g/mol. The van der Waals surface area contributed by atoms with E-state index in [9.17, 15) is 15.0 Å². The fourth-order valence-electron chi connectivity index (χ4n) is 2.71. The number of carboxylic acids is 1. The summed E-state index contributed by atoms with van der Waals surface area (Å²) in [5, 5.41) is 34.0. The molecule has 146 valence electrons. The molecule has 0 aliphatic heterocycles. The average Bonchev–Trinajstić information content (AvgIpc) is 3.13. The Labute approximate surface area is 167 Å². The summed E-state index contributed by atoms with van der Waals surface area (Å²) in [7, 11) is 0. The molecule has 3 aromatic rings. The summed E-state index contributed by atoms with van der Waals surface area (Å²) < 4.78 is 1.48. The van der Waals surface area contributed by atoms with Crippen molar-refractivity contribution in [1.82, 2.24) is 14.8 Å². The van der Waals surface area contributed by atoms with Crippen LogP contribution in [0.1, 0.15) is 23.1 Å². The first kappa shape index (κ1) is 19.6. The third kappa shape index (κ3) is 4.08. The van der Waals surface area contributed by atoms with Gasteiger partial charge in [-0.05, 0) is 49.4 Å². The van der Waals surface area contributed by atoms with Crippen LogP contribution in [0.2, 0.25) is 0 Å². The number of hydrogen-bond acceptors (Lipinski definition) is 5. The average molecular weight is 389 g/mol. The van der Waals surface area contributed by atoms with E-state index in [2.05, 4.69) is 16.7 Å². The van der Waals surface area contributed by atoms with E-state index in [1.807, 2.05) is 0 Å². The fraction of sp³-hybridized carbons (Fsp3) is 0.0455. The molecule has 0 aliphatic rings. The number of aliphatic hydroxyl groups is 1. The summed E-state index contributed by atoms with van der Waals surface area (Å²) in [6, 6.07) is 12.8. The molecule has 0 saturated heterocycles. The first-order valence-corrected chi connectivity index (χ1v) is 8.71. The molecule has 7 heteroatoms. The molecule has 0 saturated carbocycles. The van der Waals surface area contributed by atoms with E-state index < -0.39 is 5.97 Å². The number of para-hydroxylation sites is 1. The molecular weight excluding hydrogens is 370 g/mol. The highest BCUT2D eigenvalue weighted by Gasteiger charge is 2.19. The van der Waals surface area contributed by atoms with Gasteiger partial charge in [-0.3, -0.25) is 0 Å². The predicted octanol–water partition coefficient (Wildman–Crippen LogP) is 4.37. The van der Waals surface area contributed by atoms with Gasteiger partial charge in [0.2, 0.25) is 0 Å². The number of phenolic OH excluding ortho intramolecular Hbond substituents is 1. The molecular formula is C22H19N3O4. The molecule has 2 aromatic carbocycles. The van der Waals surface area contributed by atoms with Gasteiger partial charge in [-0.25, -0.2) is 14.5 Å². The smallest absolute Gasteiger partial charge is 0.335 e. The van der Waals surface area contributed by atoms with Crippen molar-refractivity contribution in [3.05, 3.63) is 90.5 Å². The second-order valence-corrected chi connectivity index (χ2v) is 6.13. The van der Waals surface area contributed by atoms with Gasteiger partial charge in [0, 0.05) is 0 Å². The van der Waals surface area contributed by atoms with Crippen molar-refractivity contribution < 1.29 is 20.1 Å². The quantitative estimate of drug-likeness (QED) is 0.427. The van der Waals surface area contributed by atoms with Gasteiger partial charge in [0.1, 0.15) is 11.5 Å². The van der Waals surface area contributed by atoms with Gasteiger partial charge in [0.15, 0.2) is 11.6 Å². The molecule has 0 spiro atoms. The SMILES string of the molecule is C=C/C=C\C(=C(/C)O)c1nc(-c2ccccc2O)nn1-c1ccc(C(=O)O)cc1. The summed E-state index contributed by atoms with van der Waals surface area (Å²) in [4.78, 5) is 15.7. The Morgan fingerprint density at radius 2 is 1.79 bits per heavy atom. The van der Waals surface area contributed by atoms with Crippen LogP contribution in [0.4, 0.5) is 0 Å². The molecule has 0 bridgehead atoms. The maximum absolute atomic E-state index is 11.1. The third-order valence-electron chi connectivity index (χ3n) is 4.14. The van der Waals surface area contributed by atoms with Gasteiger partial charge in [-0.1, -0.05) is 30.9 Å². The van der Waals surface area contributed by atoms with Crippen LogP contribution < -0.4 is 0 Å². The van der Waals surface area contributed by atoms with Crippen molar-refractivity contribution in [2.24, 2.45) is 0 Å². The Morgan fingerprint density at radius 1 is 1.10 bits per heavy atom. The molecule has 1 heterocycles. The molecule has 0 amide bonds. The first-order valence-electron chi connectivity index (χ1n) is 8.71. The predicted molar refractivity (Wildman–Crippen MR) is 110 cm³/mol. The fourth-order valence-corrected chi connectivity index (χ4v) is 2.71. The number of hydrogen-bond donors (Lipinski definition) is 3. The van der Waals surface area contributed by atoms with Gasteiger partial charge >= 0.3 is 5.97 Å². The maximum Gasteiger partial charge on any atom is 0.335 e. The highest BCUT2D eigenvalue weighted by Crippen LogP contribution is 2.29. The van der Waals surface area contributed by atoms with Gasteiger partial charge in [0.25, 0.3) is 0 Å². The van der Waals surface area contributed by atoms with Crippen molar-refractivity contribution in [3.63, 3.8) is 0 Å². The van der Waals surface area contributed by atoms with E-state index in [1.165, 1.54) is 29.8 Å². The zero-order valence-electron chi connectivity index (χ0n) is 15.6. The Kier molecular flexibility index (Phi) is 5.59.